The smallest absolute Gasteiger partial charge is 0.307 e. The second-order valence-electron chi connectivity index (χ2n) is 3.33. The fourth-order valence-electron chi connectivity index (χ4n) is 1.56. The SMILES string of the molecule is COC(=O)CCO[C@H]1CCC[C@@H]1N. The van der Waals surface area contributed by atoms with E-state index in [1.165, 1.54) is 7.11 Å². The number of methoxy groups -OCH3 is 1. The minimum atomic E-state index is -0.230. The van der Waals surface area contributed by atoms with Gasteiger partial charge in [0, 0.05) is 6.04 Å². The van der Waals surface area contributed by atoms with Gasteiger partial charge in [-0.2, -0.15) is 0 Å². The third-order valence-electron chi connectivity index (χ3n) is 2.37. The lowest BCUT2D eigenvalue weighted by molar-refractivity contribution is -0.142. The molecule has 2 atom stereocenters. The predicted molar refractivity (Wildman–Crippen MR) is 48.2 cm³/mol. The number of hydrogen-bond donors (Lipinski definition) is 1. The highest BCUT2D eigenvalue weighted by Gasteiger charge is 2.24. The summed E-state index contributed by atoms with van der Waals surface area (Å²) in [6.07, 6.45) is 3.64. The molecule has 1 saturated carbocycles. The summed E-state index contributed by atoms with van der Waals surface area (Å²) in [7, 11) is 1.38. The van der Waals surface area contributed by atoms with Crippen molar-refractivity contribution in [2.45, 2.75) is 37.8 Å². The zero-order valence-corrected chi connectivity index (χ0v) is 7.99. The van der Waals surface area contributed by atoms with Gasteiger partial charge in [0.1, 0.15) is 0 Å². The molecule has 0 aromatic heterocycles. The average Bonchev–Trinajstić information content (AvgIpc) is 2.52. The van der Waals surface area contributed by atoms with Gasteiger partial charge in [0.15, 0.2) is 0 Å². The van der Waals surface area contributed by atoms with Crippen molar-refractivity contribution in [1.82, 2.24) is 0 Å². The number of esters is 1. The Hall–Kier alpha value is -0.610. The zero-order valence-electron chi connectivity index (χ0n) is 7.99. The summed E-state index contributed by atoms with van der Waals surface area (Å²) in [6, 6.07) is 0.151. The molecule has 1 fully saturated rings. The molecular weight excluding hydrogens is 170 g/mol. The van der Waals surface area contributed by atoms with Gasteiger partial charge in [0.05, 0.1) is 26.2 Å². The topological polar surface area (TPSA) is 61.5 Å². The largest absolute Gasteiger partial charge is 0.469 e. The number of hydrogen-bond acceptors (Lipinski definition) is 4. The van der Waals surface area contributed by atoms with E-state index in [2.05, 4.69) is 4.74 Å². The van der Waals surface area contributed by atoms with Crippen LogP contribution in [-0.4, -0.2) is 31.8 Å². The van der Waals surface area contributed by atoms with Crippen molar-refractivity contribution in [3.8, 4) is 0 Å². The highest BCUT2D eigenvalue weighted by atomic mass is 16.5. The summed E-state index contributed by atoms with van der Waals surface area (Å²) in [5, 5.41) is 0. The van der Waals surface area contributed by atoms with Gasteiger partial charge >= 0.3 is 5.97 Å². The van der Waals surface area contributed by atoms with Crippen molar-refractivity contribution >= 4 is 5.97 Å². The Labute approximate surface area is 78.4 Å². The van der Waals surface area contributed by atoms with E-state index >= 15 is 0 Å². The van der Waals surface area contributed by atoms with Gasteiger partial charge in [-0.15, -0.1) is 0 Å². The number of ether oxygens (including phenoxy) is 2. The standard InChI is InChI=1S/C9H17NO3/c1-12-9(11)5-6-13-8-4-2-3-7(8)10/h7-8H,2-6,10H2,1H3/t7-,8-/m0/s1. The molecule has 1 aliphatic rings. The highest BCUT2D eigenvalue weighted by Crippen LogP contribution is 2.20. The van der Waals surface area contributed by atoms with E-state index in [0.29, 0.717) is 13.0 Å². The minimum absolute atomic E-state index is 0.143. The van der Waals surface area contributed by atoms with Crippen LogP contribution in [0, 0.1) is 0 Å². The molecule has 13 heavy (non-hydrogen) atoms. The monoisotopic (exact) mass is 187 g/mol. The number of carbonyl (C=O) groups is 1. The molecule has 0 bridgehead atoms. The maximum Gasteiger partial charge on any atom is 0.307 e. The Morgan fingerprint density at radius 1 is 1.54 bits per heavy atom. The van der Waals surface area contributed by atoms with E-state index in [9.17, 15) is 4.79 Å². The van der Waals surface area contributed by atoms with Gasteiger partial charge in [0.2, 0.25) is 0 Å². The molecule has 1 aliphatic carbocycles. The number of nitrogens with two attached hydrogens (primary N) is 1. The highest BCUT2D eigenvalue weighted by molar-refractivity contribution is 5.69. The molecule has 0 aliphatic heterocycles. The van der Waals surface area contributed by atoms with Crippen LogP contribution < -0.4 is 5.73 Å². The van der Waals surface area contributed by atoms with E-state index in [1.807, 2.05) is 0 Å². The first-order valence-corrected chi connectivity index (χ1v) is 4.68. The normalized spacial score (nSPS) is 27.5. The van der Waals surface area contributed by atoms with E-state index in [1.54, 1.807) is 0 Å². The van der Waals surface area contributed by atoms with Crippen LogP contribution in [0.25, 0.3) is 0 Å². The molecule has 4 nitrogen and oxygen atoms in total. The van der Waals surface area contributed by atoms with Crippen molar-refractivity contribution in [2.24, 2.45) is 5.73 Å². The lowest BCUT2D eigenvalue weighted by Crippen LogP contribution is -2.31. The molecule has 0 heterocycles. The van der Waals surface area contributed by atoms with E-state index in [-0.39, 0.29) is 18.1 Å². The molecule has 0 radical (unpaired) electrons. The lowest BCUT2D eigenvalue weighted by atomic mass is 10.2. The molecule has 76 valence electrons. The van der Waals surface area contributed by atoms with Gasteiger partial charge in [0.25, 0.3) is 0 Å². The first-order chi connectivity index (χ1) is 6.24. The Kier molecular flexibility index (Phi) is 4.18. The first-order valence-electron chi connectivity index (χ1n) is 4.68. The second-order valence-corrected chi connectivity index (χ2v) is 3.33. The number of carbonyl (C=O) groups excluding carboxylic acids is 1. The van der Waals surface area contributed by atoms with Gasteiger partial charge in [-0.05, 0) is 19.3 Å². The summed E-state index contributed by atoms with van der Waals surface area (Å²) < 4.78 is 9.95. The van der Waals surface area contributed by atoms with Crippen molar-refractivity contribution in [1.29, 1.82) is 0 Å². The third kappa shape index (κ3) is 3.32. The predicted octanol–water partition coefficient (Wildman–Crippen LogP) is 0.446. The van der Waals surface area contributed by atoms with E-state index < -0.39 is 0 Å². The summed E-state index contributed by atoms with van der Waals surface area (Å²) in [5.41, 5.74) is 5.79. The van der Waals surface area contributed by atoms with E-state index in [0.717, 1.165) is 19.3 Å². The minimum Gasteiger partial charge on any atom is -0.469 e. The van der Waals surface area contributed by atoms with Crippen LogP contribution in [0.2, 0.25) is 0 Å². The summed E-state index contributed by atoms with van der Waals surface area (Å²) in [5.74, 6) is -0.230. The Balaban J connectivity index is 2.08. The van der Waals surface area contributed by atoms with Gasteiger partial charge < -0.3 is 15.2 Å². The fourth-order valence-corrected chi connectivity index (χ4v) is 1.56. The summed E-state index contributed by atoms with van der Waals surface area (Å²) in [4.78, 5) is 10.7. The van der Waals surface area contributed by atoms with Crippen LogP contribution in [0.1, 0.15) is 25.7 Å². The Morgan fingerprint density at radius 3 is 2.85 bits per heavy atom. The van der Waals surface area contributed by atoms with Gasteiger partial charge in [-0.1, -0.05) is 0 Å². The molecule has 0 unspecified atom stereocenters. The molecule has 0 spiro atoms. The second kappa shape index (κ2) is 5.19. The molecule has 0 aromatic rings. The van der Waals surface area contributed by atoms with Crippen molar-refractivity contribution < 1.29 is 14.3 Å². The first kappa shape index (κ1) is 10.5. The lowest BCUT2D eigenvalue weighted by Gasteiger charge is -2.15. The maximum absolute atomic E-state index is 10.7. The van der Waals surface area contributed by atoms with Crippen molar-refractivity contribution in [2.75, 3.05) is 13.7 Å². The summed E-state index contributed by atoms with van der Waals surface area (Å²) >= 11 is 0. The Morgan fingerprint density at radius 2 is 2.31 bits per heavy atom. The number of rotatable bonds is 4. The van der Waals surface area contributed by atoms with Crippen LogP contribution in [-0.2, 0) is 14.3 Å². The van der Waals surface area contributed by atoms with Crippen LogP contribution in [0.5, 0.6) is 0 Å². The van der Waals surface area contributed by atoms with Crippen LogP contribution in [0.4, 0.5) is 0 Å². The molecule has 0 amide bonds. The maximum atomic E-state index is 10.7. The van der Waals surface area contributed by atoms with Gasteiger partial charge in [-0.25, -0.2) is 0 Å². The van der Waals surface area contributed by atoms with Crippen LogP contribution >= 0.6 is 0 Å². The van der Waals surface area contributed by atoms with Crippen molar-refractivity contribution in [3.63, 3.8) is 0 Å². The molecule has 0 saturated heterocycles. The average molecular weight is 187 g/mol. The van der Waals surface area contributed by atoms with Crippen molar-refractivity contribution in [3.05, 3.63) is 0 Å². The molecular formula is C9H17NO3. The zero-order chi connectivity index (χ0) is 9.68. The molecule has 2 N–H and O–H groups in total. The fraction of sp³-hybridized carbons (Fsp3) is 0.889. The molecule has 1 rings (SSSR count). The third-order valence-corrected chi connectivity index (χ3v) is 2.37. The molecule has 4 heteroatoms. The summed E-state index contributed by atoms with van der Waals surface area (Å²) in [6.45, 7) is 0.422. The van der Waals surface area contributed by atoms with E-state index in [4.69, 9.17) is 10.5 Å². The van der Waals surface area contributed by atoms with Crippen LogP contribution in [0.3, 0.4) is 0 Å². The van der Waals surface area contributed by atoms with Gasteiger partial charge in [-0.3, -0.25) is 4.79 Å². The van der Waals surface area contributed by atoms with Crippen LogP contribution in [0.15, 0.2) is 0 Å². The quantitative estimate of drug-likeness (QED) is 0.649. The Bertz CT molecular complexity index is 172. The molecule has 0 aromatic carbocycles.